The van der Waals surface area contributed by atoms with Crippen molar-refractivity contribution in [3.8, 4) is 11.8 Å². The van der Waals surface area contributed by atoms with Crippen LogP contribution in [0.25, 0.3) is 0 Å². The van der Waals surface area contributed by atoms with Crippen molar-refractivity contribution < 1.29 is 14.5 Å². The molecule has 0 aromatic heterocycles. The molecule has 0 aliphatic carbocycles. The van der Waals surface area contributed by atoms with Crippen molar-refractivity contribution in [2.45, 2.75) is 12.8 Å². The van der Waals surface area contributed by atoms with Gasteiger partial charge in [0.2, 0.25) is 5.91 Å². The summed E-state index contributed by atoms with van der Waals surface area (Å²) in [4.78, 5) is 23.4. The molecule has 0 aliphatic rings. The van der Waals surface area contributed by atoms with E-state index in [1.165, 1.54) is 23.1 Å². The Balaban J connectivity index is 2.56. The van der Waals surface area contributed by atoms with Gasteiger partial charge in [-0.25, -0.2) is 0 Å². The Bertz CT molecular complexity index is 571. The number of ether oxygens (including phenoxy) is 1. The molecule has 1 aromatic rings. The molecule has 0 heterocycles. The van der Waals surface area contributed by atoms with E-state index < -0.39 is 4.92 Å². The van der Waals surface area contributed by atoms with Crippen molar-refractivity contribution in [2.24, 2.45) is 0 Å². The lowest BCUT2D eigenvalue weighted by Crippen LogP contribution is -2.28. The molecule has 0 fully saturated rings. The Kier molecular flexibility index (Phi) is 6.43. The smallest absolute Gasteiger partial charge is 0.311 e. The molecule has 0 atom stereocenters. The highest BCUT2D eigenvalue weighted by molar-refractivity contribution is 6.30. The van der Waals surface area contributed by atoms with Gasteiger partial charge in [0, 0.05) is 30.7 Å². The van der Waals surface area contributed by atoms with Crippen LogP contribution in [0.5, 0.6) is 5.75 Å². The molecule has 0 radical (unpaired) electrons. The van der Waals surface area contributed by atoms with E-state index in [0.29, 0.717) is 11.6 Å². The van der Waals surface area contributed by atoms with Gasteiger partial charge in [0.25, 0.3) is 0 Å². The molecule has 1 aromatic carbocycles. The molecule has 21 heavy (non-hydrogen) atoms. The minimum absolute atomic E-state index is 0.00307. The van der Waals surface area contributed by atoms with Crippen LogP contribution in [0.4, 0.5) is 5.69 Å². The van der Waals surface area contributed by atoms with Crippen LogP contribution < -0.4 is 4.74 Å². The van der Waals surface area contributed by atoms with Gasteiger partial charge in [0.15, 0.2) is 5.75 Å². The van der Waals surface area contributed by atoms with Crippen LogP contribution >= 0.6 is 11.6 Å². The highest BCUT2D eigenvalue weighted by atomic mass is 35.5. The second kappa shape index (κ2) is 8.07. The van der Waals surface area contributed by atoms with E-state index in [4.69, 9.17) is 21.6 Å². The fraction of sp³-hybridized carbons (Fsp3) is 0.385. The Hall–Kier alpha value is -2.33. The summed E-state index contributed by atoms with van der Waals surface area (Å²) in [6.07, 6.45) is 0.314. The van der Waals surface area contributed by atoms with Crippen molar-refractivity contribution in [3.05, 3.63) is 33.3 Å². The van der Waals surface area contributed by atoms with Crippen LogP contribution in [0.1, 0.15) is 12.8 Å². The zero-order chi connectivity index (χ0) is 15.8. The van der Waals surface area contributed by atoms with E-state index in [1.54, 1.807) is 7.05 Å². The standard InChI is InChI=1S/C13H14ClN3O4/c1-16(7-2-6-15)13(18)5-8-21-12-9-10(14)3-4-11(12)17(19)20/h3-4,9H,2,5,7-8H2,1H3. The fourth-order valence-corrected chi connectivity index (χ4v) is 1.70. The van der Waals surface area contributed by atoms with Crippen LogP contribution in [0.3, 0.4) is 0 Å². The number of nitro benzene ring substituents is 1. The van der Waals surface area contributed by atoms with Gasteiger partial charge in [-0.3, -0.25) is 14.9 Å². The first-order valence-electron chi connectivity index (χ1n) is 6.13. The Morgan fingerprint density at radius 3 is 2.90 bits per heavy atom. The largest absolute Gasteiger partial charge is 0.486 e. The molecule has 0 spiro atoms. The van der Waals surface area contributed by atoms with Crippen molar-refractivity contribution in [1.82, 2.24) is 4.90 Å². The minimum Gasteiger partial charge on any atom is -0.486 e. The van der Waals surface area contributed by atoms with E-state index in [9.17, 15) is 14.9 Å². The number of nitrogens with zero attached hydrogens (tertiary/aromatic N) is 3. The van der Waals surface area contributed by atoms with Crippen LogP contribution in [0, 0.1) is 21.4 Å². The number of nitro groups is 1. The number of amides is 1. The van der Waals surface area contributed by atoms with Crippen LogP contribution in [0.15, 0.2) is 18.2 Å². The lowest BCUT2D eigenvalue weighted by Gasteiger charge is -2.15. The number of carbonyl (C=O) groups is 1. The maximum Gasteiger partial charge on any atom is 0.311 e. The zero-order valence-corrected chi connectivity index (χ0v) is 12.2. The monoisotopic (exact) mass is 311 g/mol. The van der Waals surface area contributed by atoms with Gasteiger partial charge in [0.05, 0.1) is 30.4 Å². The number of nitriles is 1. The molecule has 1 rings (SSSR count). The predicted octanol–water partition coefficient (Wildman–Crippen LogP) is 2.39. The number of hydrogen-bond donors (Lipinski definition) is 0. The maximum absolute atomic E-state index is 11.7. The van der Waals surface area contributed by atoms with Crippen LogP contribution in [0.2, 0.25) is 5.02 Å². The fourth-order valence-electron chi connectivity index (χ4n) is 1.54. The summed E-state index contributed by atoms with van der Waals surface area (Å²) in [5.74, 6) is -0.171. The van der Waals surface area contributed by atoms with Gasteiger partial charge in [-0.15, -0.1) is 0 Å². The molecule has 0 aliphatic heterocycles. The molecule has 0 unspecified atom stereocenters. The number of hydrogen-bond acceptors (Lipinski definition) is 5. The van der Waals surface area contributed by atoms with Gasteiger partial charge in [-0.1, -0.05) is 11.6 Å². The molecular weight excluding hydrogens is 298 g/mol. The molecule has 7 nitrogen and oxygen atoms in total. The number of halogens is 1. The summed E-state index contributed by atoms with van der Waals surface area (Å²) < 4.78 is 5.27. The Labute approximate surface area is 126 Å². The van der Waals surface area contributed by atoms with Crippen LogP contribution in [-0.2, 0) is 4.79 Å². The first kappa shape index (κ1) is 16.7. The lowest BCUT2D eigenvalue weighted by molar-refractivity contribution is -0.385. The van der Waals surface area contributed by atoms with Gasteiger partial charge >= 0.3 is 5.69 Å². The highest BCUT2D eigenvalue weighted by Crippen LogP contribution is 2.29. The molecule has 1 amide bonds. The van der Waals surface area contributed by atoms with Crippen molar-refractivity contribution in [3.63, 3.8) is 0 Å². The second-order valence-corrected chi connectivity index (χ2v) is 4.63. The van der Waals surface area contributed by atoms with Crippen molar-refractivity contribution in [1.29, 1.82) is 5.26 Å². The average Bonchev–Trinajstić information content (AvgIpc) is 2.44. The molecule has 0 saturated carbocycles. The summed E-state index contributed by atoms with van der Waals surface area (Å²) in [5, 5.41) is 19.6. The Morgan fingerprint density at radius 2 is 2.29 bits per heavy atom. The van der Waals surface area contributed by atoms with Crippen molar-refractivity contribution in [2.75, 3.05) is 20.2 Å². The van der Waals surface area contributed by atoms with Gasteiger partial charge < -0.3 is 9.64 Å². The predicted molar refractivity (Wildman–Crippen MR) is 76.1 cm³/mol. The molecule has 0 bridgehead atoms. The second-order valence-electron chi connectivity index (χ2n) is 4.19. The summed E-state index contributed by atoms with van der Waals surface area (Å²) in [6, 6.07) is 5.93. The van der Waals surface area contributed by atoms with Crippen LogP contribution in [-0.4, -0.2) is 35.9 Å². The van der Waals surface area contributed by atoms with Gasteiger partial charge in [0.1, 0.15) is 0 Å². The Morgan fingerprint density at radius 1 is 1.57 bits per heavy atom. The lowest BCUT2D eigenvalue weighted by atomic mass is 10.3. The molecule has 0 saturated heterocycles. The third-order valence-corrected chi connectivity index (χ3v) is 2.91. The summed E-state index contributed by atoms with van der Waals surface area (Å²) in [7, 11) is 1.58. The summed E-state index contributed by atoms with van der Waals surface area (Å²) in [6.45, 7) is 0.337. The summed E-state index contributed by atoms with van der Waals surface area (Å²) >= 11 is 5.76. The maximum atomic E-state index is 11.7. The number of rotatable bonds is 7. The van der Waals surface area contributed by atoms with E-state index in [-0.39, 0.29) is 36.8 Å². The van der Waals surface area contributed by atoms with E-state index >= 15 is 0 Å². The average molecular weight is 312 g/mol. The third-order valence-electron chi connectivity index (χ3n) is 2.68. The highest BCUT2D eigenvalue weighted by Gasteiger charge is 2.16. The first-order chi connectivity index (χ1) is 9.95. The van der Waals surface area contributed by atoms with E-state index in [2.05, 4.69) is 0 Å². The molecule has 0 N–H and O–H groups in total. The quantitative estimate of drug-likeness (QED) is 0.569. The number of carbonyl (C=O) groups excluding carboxylic acids is 1. The first-order valence-corrected chi connectivity index (χ1v) is 6.51. The minimum atomic E-state index is -0.577. The zero-order valence-electron chi connectivity index (χ0n) is 11.4. The molecule has 112 valence electrons. The summed E-state index contributed by atoms with van der Waals surface area (Å²) in [5.41, 5.74) is -0.204. The van der Waals surface area contributed by atoms with Gasteiger partial charge in [-0.05, 0) is 6.07 Å². The molecular formula is C13H14ClN3O4. The van der Waals surface area contributed by atoms with Gasteiger partial charge in [-0.2, -0.15) is 5.26 Å². The topological polar surface area (TPSA) is 96.5 Å². The van der Waals surface area contributed by atoms with E-state index in [0.717, 1.165) is 0 Å². The van der Waals surface area contributed by atoms with E-state index in [1.807, 2.05) is 6.07 Å². The van der Waals surface area contributed by atoms with Crippen molar-refractivity contribution >= 4 is 23.2 Å². The normalized spacial score (nSPS) is 9.76. The third kappa shape index (κ3) is 5.28. The SMILES string of the molecule is CN(CCC#N)C(=O)CCOc1cc(Cl)ccc1[N+](=O)[O-]. The molecule has 8 heteroatoms. The number of benzene rings is 1.